The molecular formula is C14H14N6O2. The molecular weight excluding hydrogens is 284 g/mol. The first-order valence-corrected chi connectivity index (χ1v) is 6.48. The normalized spacial score (nSPS) is 16.5. The molecule has 0 saturated heterocycles. The van der Waals surface area contributed by atoms with Gasteiger partial charge in [0.25, 0.3) is 0 Å². The number of nitrogens with two attached hydrogens (primary N) is 1. The minimum atomic E-state index is -0.494. The van der Waals surface area contributed by atoms with Gasteiger partial charge in [0.1, 0.15) is 29.7 Å². The molecule has 0 fully saturated rings. The molecule has 112 valence electrons. The molecule has 3 N–H and O–H groups in total. The van der Waals surface area contributed by atoms with Crippen molar-refractivity contribution < 1.29 is 9.47 Å². The van der Waals surface area contributed by atoms with Crippen LogP contribution >= 0.6 is 0 Å². The second kappa shape index (κ2) is 5.29. The van der Waals surface area contributed by atoms with Crippen LogP contribution in [-0.2, 0) is 0 Å². The monoisotopic (exact) mass is 298 g/mol. The lowest BCUT2D eigenvalue weighted by Crippen LogP contribution is -2.27. The van der Waals surface area contributed by atoms with Crippen molar-refractivity contribution in [1.82, 2.24) is 14.8 Å². The number of fused-ring (bicyclic) bond motifs is 1. The predicted molar refractivity (Wildman–Crippen MR) is 78.9 cm³/mol. The number of hydrogen-bond donors (Lipinski definition) is 2. The number of anilines is 1. The summed E-state index contributed by atoms with van der Waals surface area (Å²) < 4.78 is 12.0. The molecule has 3 rings (SSSR count). The number of nitriles is 1. The maximum Gasteiger partial charge on any atom is 0.228 e. The zero-order valence-corrected chi connectivity index (χ0v) is 12.1. The van der Waals surface area contributed by atoms with Crippen LogP contribution in [0.25, 0.3) is 5.82 Å². The van der Waals surface area contributed by atoms with Gasteiger partial charge < -0.3 is 20.5 Å². The summed E-state index contributed by atoms with van der Waals surface area (Å²) in [5, 5.41) is 16.6. The Hall–Kier alpha value is -3.21. The van der Waals surface area contributed by atoms with Gasteiger partial charge in [0.2, 0.25) is 5.95 Å². The average Bonchev–Trinajstić information content (AvgIpc) is 3.03. The standard InChI is InChI=1S/C14H14N6O2/c1-21-8-3-4-11(22-2)9(5-8)12-10(6-15)13(16)20-14(19-12)17-7-18-20/h3-5,7,12H,16H2,1-2H3,(H,17,18,19)/t12-/m1/s1. The Morgan fingerprint density at radius 3 is 2.86 bits per heavy atom. The van der Waals surface area contributed by atoms with Gasteiger partial charge in [0.05, 0.1) is 25.8 Å². The highest BCUT2D eigenvalue weighted by atomic mass is 16.5. The molecule has 0 bridgehead atoms. The van der Waals surface area contributed by atoms with Crippen LogP contribution in [0.5, 0.6) is 11.5 Å². The second-order valence-corrected chi connectivity index (χ2v) is 4.59. The van der Waals surface area contributed by atoms with Crippen LogP contribution in [0.4, 0.5) is 5.95 Å². The van der Waals surface area contributed by atoms with Gasteiger partial charge in [-0.15, -0.1) is 0 Å². The Kier molecular flexibility index (Phi) is 3.31. The average molecular weight is 298 g/mol. The van der Waals surface area contributed by atoms with Gasteiger partial charge in [0, 0.05) is 5.56 Å². The van der Waals surface area contributed by atoms with Crippen molar-refractivity contribution >= 4 is 11.8 Å². The predicted octanol–water partition coefficient (Wildman–Crippen LogP) is 1.11. The van der Waals surface area contributed by atoms with E-state index in [2.05, 4.69) is 21.5 Å². The first kappa shape index (κ1) is 13.8. The van der Waals surface area contributed by atoms with Gasteiger partial charge in [-0.2, -0.15) is 20.0 Å². The summed E-state index contributed by atoms with van der Waals surface area (Å²) in [5.74, 6) is 1.97. The van der Waals surface area contributed by atoms with Crippen molar-refractivity contribution in [1.29, 1.82) is 5.26 Å². The number of benzene rings is 1. The molecule has 1 aliphatic heterocycles. The molecule has 0 amide bonds. The third-order valence-electron chi connectivity index (χ3n) is 3.48. The lowest BCUT2D eigenvalue weighted by Gasteiger charge is -2.26. The van der Waals surface area contributed by atoms with Crippen LogP contribution in [0, 0.1) is 11.3 Å². The quantitative estimate of drug-likeness (QED) is 0.873. The van der Waals surface area contributed by atoms with Crippen molar-refractivity contribution in [2.24, 2.45) is 5.73 Å². The van der Waals surface area contributed by atoms with E-state index in [0.29, 0.717) is 23.0 Å². The van der Waals surface area contributed by atoms with Crippen molar-refractivity contribution in [3.05, 3.63) is 35.7 Å². The number of nitrogens with one attached hydrogen (secondary N) is 1. The summed E-state index contributed by atoms with van der Waals surface area (Å²) in [4.78, 5) is 4.09. The Labute approximate surface area is 126 Å². The summed E-state index contributed by atoms with van der Waals surface area (Å²) >= 11 is 0. The van der Waals surface area contributed by atoms with Crippen molar-refractivity contribution in [2.75, 3.05) is 19.5 Å². The lowest BCUT2D eigenvalue weighted by molar-refractivity contribution is 0.397. The molecule has 1 aromatic heterocycles. The van der Waals surface area contributed by atoms with E-state index in [0.717, 1.165) is 5.56 Å². The topological polar surface area (TPSA) is 111 Å². The van der Waals surface area contributed by atoms with E-state index >= 15 is 0 Å². The van der Waals surface area contributed by atoms with Crippen LogP contribution in [-0.4, -0.2) is 29.0 Å². The molecule has 1 atom stereocenters. The Bertz CT molecular complexity index is 789. The first-order chi connectivity index (χ1) is 10.7. The van der Waals surface area contributed by atoms with Crippen LogP contribution in [0.1, 0.15) is 11.6 Å². The number of methoxy groups -OCH3 is 2. The van der Waals surface area contributed by atoms with E-state index in [-0.39, 0.29) is 5.82 Å². The number of rotatable bonds is 3. The molecule has 0 unspecified atom stereocenters. The zero-order valence-electron chi connectivity index (χ0n) is 12.1. The van der Waals surface area contributed by atoms with Gasteiger partial charge in [-0.05, 0) is 18.2 Å². The van der Waals surface area contributed by atoms with Gasteiger partial charge in [-0.3, -0.25) is 0 Å². The minimum Gasteiger partial charge on any atom is -0.497 e. The van der Waals surface area contributed by atoms with Gasteiger partial charge in [-0.1, -0.05) is 0 Å². The molecule has 2 heterocycles. The molecule has 8 heteroatoms. The summed E-state index contributed by atoms with van der Waals surface area (Å²) in [6.45, 7) is 0. The highest BCUT2D eigenvalue weighted by molar-refractivity contribution is 5.66. The maximum atomic E-state index is 9.48. The molecule has 1 aliphatic rings. The second-order valence-electron chi connectivity index (χ2n) is 4.59. The first-order valence-electron chi connectivity index (χ1n) is 6.48. The fraction of sp³-hybridized carbons (Fsp3) is 0.214. The molecule has 0 radical (unpaired) electrons. The van der Waals surface area contributed by atoms with E-state index in [1.807, 2.05) is 0 Å². The van der Waals surface area contributed by atoms with Crippen molar-refractivity contribution in [3.8, 4) is 17.6 Å². The van der Waals surface area contributed by atoms with Crippen LogP contribution in [0.3, 0.4) is 0 Å². The molecule has 0 aliphatic carbocycles. The van der Waals surface area contributed by atoms with Gasteiger partial charge >= 0.3 is 0 Å². The fourth-order valence-electron chi connectivity index (χ4n) is 2.40. The number of nitrogens with zero attached hydrogens (tertiary/aromatic N) is 4. The Morgan fingerprint density at radius 1 is 1.36 bits per heavy atom. The molecule has 8 nitrogen and oxygen atoms in total. The van der Waals surface area contributed by atoms with E-state index in [1.54, 1.807) is 32.4 Å². The third kappa shape index (κ3) is 2.00. The minimum absolute atomic E-state index is 0.239. The molecule has 2 aromatic rings. The smallest absolute Gasteiger partial charge is 0.228 e. The van der Waals surface area contributed by atoms with E-state index in [9.17, 15) is 5.26 Å². The zero-order chi connectivity index (χ0) is 15.7. The highest BCUT2D eigenvalue weighted by Crippen LogP contribution is 2.38. The summed E-state index contributed by atoms with van der Waals surface area (Å²) in [6, 6.07) is 7.00. The van der Waals surface area contributed by atoms with Crippen molar-refractivity contribution in [3.63, 3.8) is 0 Å². The largest absolute Gasteiger partial charge is 0.497 e. The maximum absolute atomic E-state index is 9.48. The summed E-state index contributed by atoms with van der Waals surface area (Å²) in [6.07, 6.45) is 1.37. The van der Waals surface area contributed by atoms with Gasteiger partial charge in [0.15, 0.2) is 0 Å². The highest BCUT2D eigenvalue weighted by Gasteiger charge is 2.30. The molecule has 0 saturated carbocycles. The van der Waals surface area contributed by atoms with Crippen molar-refractivity contribution in [2.45, 2.75) is 6.04 Å². The number of hydrogen-bond acceptors (Lipinski definition) is 7. The molecule has 22 heavy (non-hydrogen) atoms. The van der Waals surface area contributed by atoms with Crippen LogP contribution in [0.2, 0.25) is 0 Å². The van der Waals surface area contributed by atoms with Gasteiger partial charge in [-0.25, -0.2) is 0 Å². The SMILES string of the molecule is COc1ccc(OC)c([C@H]2Nc3ncnn3C(N)=C2C#N)c1. The third-order valence-corrected chi connectivity index (χ3v) is 3.48. The summed E-state index contributed by atoms with van der Waals surface area (Å²) in [7, 11) is 3.14. The summed E-state index contributed by atoms with van der Waals surface area (Å²) in [5.41, 5.74) is 7.11. The Morgan fingerprint density at radius 2 is 2.18 bits per heavy atom. The van der Waals surface area contributed by atoms with Crippen LogP contribution in [0.15, 0.2) is 30.1 Å². The fourth-order valence-corrected chi connectivity index (χ4v) is 2.40. The van der Waals surface area contributed by atoms with Crippen LogP contribution < -0.4 is 20.5 Å². The number of aromatic nitrogens is 3. The van der Waals surface area contributed by atoms with E-state index in [4.69, 9.17) is 15.2 Å². The van der Waals surface area contributed by atoms with E-state index < -0.39 is 6.04 Å². The molecule has 0 spiro atoms. The van der Waals surface area contributed by atoms with E-state index in [1.165, 1.54) is 11.0 Å². The molecule has 1 aromatic carbocycles. The number of ether oxygens (including phenoxy) is 2. The lowest BCUT2D eigenvalue weighted by atomic mass is 9.97. The Balaban J connectivity index is 2.16.